The van der Waals surface area contributed by atoms with E-state index >= 15 is 0 Å². The van der Waals surface area contributed by atoms with Crippen molar-refractivity contribution in [2.45, 2.75) is 18.7 Å². The Morgan fingerprint density at radius 3 is 2.93 bits per heavy atom. The van der Waals surface area contributed by atoms with Gasteiger partial charge in [0, 0.05) is 54.0 Å². The molecule has 2 atom stereocenters. The molecule has 5 heteroatoms. The van der Waals surface area contributed by atoms with Gasteiger partial charge in [-0.25, -0.2) is 0 Å². The van der Waals surface area contributed by atoms with Crippen molar-refractivity contribution in [3.63, 3.8) is 0 Å². The van der Waals surface area contributed by atoms with Crippen LogP contribution in [0.25, 0.3) is 0 Å². The van der Waals surface area contributed by atoms with Crippen LogP contribution in [-0.2, 0) is 17.3 Å². The van der Waals surface area contributed by atoms with Gasteiger partial charge in [0.1, 0.15) is 0 Å². The fourth-order valence-electron chi connectivity index (χ4n) is 0.942. The number of aromatic nitrogens is 2. The van der Waals surface area contributed by atoms with Gasteiger partial charge in [-0.3, -0.25) is 14.2 Å². The molecule has 0 aliphatic heterocycles. The third-order valence-electron chi connectivity index (χ3n) is 1.92. The maximum Gasteiger partial charge on any atom is 0.0724 e. The van der Waals surface area contributed by atoms with Crippen molar-refractivity contribution < 1.29 is 4.21 Å². The first-order valence-corrected chi connectivity index (χ1v) is 6.10. The summed E-state index contributed by atoms with van der Waals surface area (Å²) < 4.78 is 11.0. The second-order valence-electron chi connectivity index (χ2n) is 3.14. The highest BCUT2D eigenvalue weighted by molar-refractivity contribution is 7.84. The summed E-state index contributed by atoms with van der Waals surface area (Å²) in [5.74, 6) is 0. The van der Waals surface area contributed by atoms with Gasteiger partial charge in [-0.1, -0.05) is 0 Å². The van der Waals surface area contributed by atoms with E-state index in [0.717, 1.165) is 12.2 Å². The van der Waals surface area contributed by atoms with E-state index in [9.17, 15) is 4.21 Å². The lowest BCUT2D eigenvalue weighted by molar-refractivity contribution is 0.641. The van der Waals surface area contributed by atoms with Crippen molar-refractivity contribution in [3.8, 4) is 0 Å². The predicted octanol–water partition coefficient (Wildman–Crippen LogP) is 0.333. The molecule has 1 aromatic rings. The number of nitrogens with one attached hydrogen (secondary N) is 1. The Morgan fingerprint density at radius 2 is 2.36 bits per heavy atom. The summed E-state index contributed by atoms with van der Waals surface area (Å²) in [5.41, 5.74) is 0.904. The monoisotopic (exact) mass is 213 g/mol. The smallest absolute Gasteiger partial charge is 0.0724 e. The molecule has 0 aromatic carbocycles. The molecule has 2 unspecified atom stereocenters. The van der Waals surface area contributed by atoms with Gasteiger partial charge >= 0.3 is 0 Å². The predicted molar refractivity (Wildman–Crippen MR) is 57.3 cm³/mol. The van der Waals surface area contributed by atoms with Gasteiger partial charge in [0.15, 0.2) is 0 Å². The minimum Gasteiger partial charge on any atom is -0.310 e. The molecular weight excluding hydrogens is 198 g/mol. The fourth-order valence-corrected chi connectivity index (χ4v) is 1.29. The second kappa shape index (κ2) is 5.82. The molecule has 1 N–H and O–H groups in total. The fraction of sp³-hybridized carbons (Fsp3) is 0.556. The topological polar surface area (TPSA) is 54.9 Å². The average Bonchev–Trinajstić information content (AvgIpc) is 2.19. The van der Waals surface area contributed by atoms with E-state index in [2.05, 4.69) is 15.3 Å². The van der Waals surface area contributed by atoms with Crippen LogP contribution >= 0.6 is 0 Å². The van der Waals surface area contributed by atoms with Crippen LogP contribution in [0.5, 0.6) is 0 Å². The number of hydrogen-bond donors (Lipinski definition) is 1. The summed E-state index contributed by atoms with van der Waals surface area (Å²) >= 11 is 0. The molecule has 0 amide bonds. The molecule has 78 valence electrons. The standard InChI is InChI=1S/C9H15N3OS/c1-8(14(2)13)5-11-7-9-6-10-3-4-12-9/h3-4,6,8,11H,5,7H2,1-2H3. The lowest BCUT2D eigenvalue weighted by Crippen LogP contribution is -2.27. The van der Waals surface area contributed by atoms with E-state index in [-0.39, 0.29) is 5.25 Å². The van der Waals surface area contributed by atoms with Crippen molar-refractivity contribution in [1.29, 1.82) is 0 Å². The highest BCUT2D eigenvalue weighted by Crippen LogP contribution is 1.92. The molecule has 0 radical (unpaired) electrons. The van der Waals surface area contributed by atoms with Crippen LogP contribution in [0.3, 0.4) is 0 Å². The number of rotatable bonds is 5. The minimum absolute atomic E-state index is 0.173. The SMILES string of the molecule is CC(CNCc1cnccn1)S(C)=O. The summed E-state index contributed by atoms with van der Waals surface area (Å²) in [6.07, 6.45) is 6.75. The van der Waals surface area contributed by atoms with E-state index in [4.69, 9.17) is 0 Å². The minimum atomic E-state index is -0.767. The van der Waals surface area contributed by atoms with Crippen molar-refractivity contribution >= 4 is 10.8 Å². The molecule has 0 bridgehead atoms. The van der Waals surface area contributed by atoms with E-state index in [0.29, 0.717) is 6.54 Å². The first-order valence-electron chi connectivity index (χ1n) is 4.48. The zero-order valence-corrected chi connectivity index (χ0v) is 9.25. The third kappa shape index (κ3) is 3.93. The molecule has 14 heavy (non-hydrogen) atoms. The molecule has 0 aliphatic rings. The largest absolute Gasteiger partial charge is 0.310 e. The molecule has 4 nitrogen and oxygen atoms in total. The average molecular weight is 213 g/mol. The zero-order chi connectivity index (χ0) is 10.4. The van der Waals surface area contributed by atoms with E-state index in [1.54, 1.807) is 24.8 Å². The van der Waals surface area contributed by atoms with Gasteiger partial charge in [-0.15, -0.1) is 0 Å². The summed E-state index contributed by atoms with van der Waals surface area (Å²) in [6, 6.07) is 0. The summed E-state index contributed by atoms with van der Waals surface area (Å²) in [5, 5.41) is 3.36. The lowest BCUT2D eigenvalue weighted by Gasteiger charge is -2.08. The van der Waals surface area contributed by atoms with Crippen LogP contribution in [0.15, 0.2) is 18.6 Å². The molecule has 1 aromatic heterocycles. The van der Waals surface area contributed by atoms with Crippen molar-refractivity contribution in [1.82, 2.24) is 15.3 Å². The quantitative estimate of drug-likeness (QED) is 0.766. The third-order valence-corrected chi connectivity index (χ3v) is 3.22. The molecule has 1 heterocycles. The second-order valence-corrected chi connectivity index (χ2v) is 4.94. The maximum absolute atomic E-state index is 11.0. The Hall–Kier alpha value is -0.810. The first kappa shape index (κ1) is 11.3. The van der Waals surface area contributed by atoms with Crippen LogP contribution in [0.1, 0.15) is 12.6 Å². The molecule has 0 saturated heterocycles. The summed E-state index contributed by atoms with van der Waals surface area (Å²) in [7, 11) is -0.767. The molecule has 1 rings (SSSR count). The lowest BCUT2D eigenvalue weighted by atomic mass is 10.4. The Bertz CT molecular complexity index is 291. The maximum atomic E-state index is 11.0. The normalized spacial score (nSPS) is 15.0. The Morgan fingerprint density at radius 1 is 1.57 bits per heavy atom. The number of nitrogens with zero attached hydrogens (tertiary/aromatic N) is 2. The van der Waals surface area contributed by atoms with Gasteiger partial charge < -0.3 is 5.32 Å². The van der Waals surface area contributed by atoms with Crippen LogP contribution in [0.4, 0.5) is 0 Å². The van der Waals surface area contributed by atoms with Crippen molar-refractivity contribution in [2.75, 3.05) is 12.8 Å². The van der Waals surface area contributed by atoms with Gasteiger partial charge in [0.2, 0.25) is 0 Å². The van der Waals surface area contributed by atoms with E-state index < -0.39 is 10.8 Å². The highest BCUT2D eigenvalue weighted by atomic mass is 32.2. The number of hydrogen-bond acceptors (Lipinski definition) is 4. The van der Waals surface area contributed by atoms with Gasteiger partial charge in [0.25, 0.3) is 0 Å². The van der Waals surface area contributed by atoms with Crippen LogP contribution in [0.2, 0.25) is 0 Å². The molecule has 0 fully saturated rings. The van der Waals surface area contributed by atoms with Crippen molar-refractivity contribution in [3.05, 3.63) is 24.3 Å². The molecule has 0 aliphatic carbocycles. The molecular formula is C9H15N3OS. The Kier molecular flexibility index (Phi) is 4.69. The highest BCUT2D eigenvalue weighted by Gasteiger charge is 2.04. The Labute approximate surface area is 86.6 Å². The van der Waals surface area contributed by atoms with E-state index in [1.165, 1.54) is 0 Å². The molecule has 0 spiro atoms. The van der Waals surface area contributed by atoms with Gasteiger partial charge in [0.05, 0.1) is 5.69 Å². The van der Waals surface area contributed by atoms with Crippen LogP contribution < -0.4 is 5.32 Å². The summed E-state index contributed by atoms with van der Waals surface area (Å²) in [4.78, 5) is 8.07. The van der Waals surface area contributed by atoms with Crippen LogP contribution in [-0.4, -0.2) is 32.2 Å². The van der Waals surface area contributed by atoms with Gasteiger partial charge in [-0.05, 0) is 6.92 Å². The van der Waals surface area contributed by atoms with Crippen LogP contribution in [0, 0.1) is 0 Å². The molecule has 0 saturated carbocycles. The summed E-state index contributed by atoms with van der Waals surface area (Å²) in [6.45, 7) is 3.37. The Balaban J connectivity index is 2.26. The van der Waals surface area contributed by atoms with E-state index in [1.807, 2.05) is 6.92 Å². The van der Waals surface area contributed by atoms with Gasteiger partial charge in [-0.2, -0.15) is 0 Å². The first-order chi connectivity index (χ1) is 6.70. The zero-order valence-electron chi connectivity index (χ0n) is 8.43. The van der Waals surface area contributed by atoms with Crippen molar-refractivity contribution in [2.24, 2.45) is 0 Å².